The fourth-order valence-electron chi connectivity index (χ4n) is 1.66. The minimum absolute atomic E-state index is 0.353. The van der Waals surface area contributed by atoms with Crippen LogP contribution in [0.2, 0.25) is 5.02 Å². The maximum Gasteiger partial charge on any atom is 0.408 e. The van der Waals surface area contributed by atoms with Crippen molar-refractivity contribution in [3.8, 4) is 0 Å². The third-order valence-corrected chi connectivity index (χ3v) is 4.23. The molecule has 0 spiro atoms. The highest BCUT2D eigenvalue weighted by Crippen LogP contribution is 2.28. The summed E-state index contributed by atoms with van der Waals surface area (Å²) in [5.74, 6) is -0.402. The maximum atomic E-state index is 14.2. The molecule has 0 bridgehead atoms. The number of nitrogens with one attached hydrogen (secondary N) is 1. The third kappa shape index (κ3) is 4.77. The first kappa shape index (κ1) is 17.5. The van der Waals surface area contributed by atoms with Crippen LogP contribution in [0.25, 0.3) is 0 Å². The molecule has 1 rings (SSSR count). The van der Waals surface area contributed by atoms with Crippen molar-refractivity contribution in [2.24, 2.45) is 0 Å². The quantitative estimate of drug-likeness (QED) is 0.556. The van der Waals surface area contributed by atoms with Crippen LogP contribution in [0.1, 0.15) is 45.7 Å². The molecule has 1 N–H and O–H groups in total. The molecule has 20 heavy (non-hydrogen) atoms. The predicted molar refractivity (Wildman–Crippen MR) is 86.5 cm³/mol. The highest BCUT2D eigenvalue weighted by atomic mass is 127. The number of carbonyl (C=O) groups excluding carboxylic acids is 1. The zero-order valence-corrected chi connectivity index (χ0v) is 14.8. The minimum atomic E-state index is -0.588. The smallest absolute Gasteiger partial charge is 0.408 e. The van der Waals surface area contributed by atoms with Gasteiger partial charge in [0.1, 0.15) is 11.4 Å². The molecule has 3 nitrogen and oxygen atoms in total. The van der Waals surface area contributed by atoms with Gasteiger partial charge in [0.15, 0.2) is 0 Å². The second kappa shape index (κ2) is 6.93. The van der Waals surface area contributed by atoms with Gasteiger partial charge in [0, 0.05) is 5.56 Å². The lowest BCUT2D eigenvalue weighted by Crippen LogP contribution is -2.35. The number of alkyl carbamates (subject to hydrolysis) is 1. The Labute approximate surface area is 137 Å². The van der Waals surface area contributed by atoms with Gasteiger partial charge in [-0.3, -0.25) is 0 Å². The summed E-state index contributed by atoms with van der Waals surface area (Å²) in [7, 11) is 0. The molecule has 1 aromatic rings. The average molecular weight is 414 g/mol. The van der Waals surface area contributed by atoms with Crippen molar-refractivity contribution in [3.63, 3.8) is 0 Å². The van der Waals surface area contributed by atoms with Gasteiger partial charge < -0.3 is 10.1 Å². The average Bonchev–Trinajstić information content (AvgIpc) is 2.32. The first-order valence-corrected chi connectivity index (χ1v) is 7.74. The van der Waals surface area contributed by atoms with E-state index in [1.165, 1.54) is 0 Å². The third-order valence-electron chi connectivity index (χ3n) is 2.54. The van der Waals surface area contributed by atoms with Crippen molar-refractivity contribution in [2.45, 2.75) is 45.8 Å². The summed E-state index contributed by atoms with van der Waals surface area (Å²) in [4.78, 5) is 11.8. The van der Waals surface area contributed by atoms with Gasteiger partial charge in [-0.1, -0.05) is 24.6 Å². The summed E-state index contributed by atoms with van der Waals surface area (Å²) in [6.07, 6.45) is -0.0119. The van der Waals surface area contributed by atoms with Crippen molar-refractivity contribution in [2.75, 3.05) is 0 Å². The van der Waals surface area contributed by atoms with Gasteiger partial charge in [-0.05, 0) is 55.8 Å². The molecular weight excluding hydrogens is 396 g/mol. The SMILES string of the molecule is CC[C@@H](NC(=O)OC(C)(C)C)c1ccc(Cl)c(I)c1F. The van der Waals surface area contributed by atoms with Gasteiger partial charge in [0.05, 0.1) is 14.6 Å². The first-order chi connectivity index (χ1) is 9.15. The van der Waals surface area contributed by atoms with E-state index in [-0.39, 0.29) is 0 Å². The van der Waals surface area contributed by atoms with E-state index in [2.05, 4.69) is 5.32 Å². The Hall–Kier alpha value is -0.560. The van der Waals surface area contributed by atoms with Gasteiger partial charge in [-0.25, -0.2) is 9.18 Å². The summed E-state index contributed by atoms with van der Waals surface area (Å²) in [6, 6.07) is 2.77. The molecule has 112 valence electrons. The number of halogens is 3. The summed E-state index contributed by atoms with van der Waals surface area (Å²) < 4.78 is 19.7. The molecular formula is C14H18ClFINO2. The number of hydrogen-bond donors (Lipinski definition) is 1. The molecule has 0 aliphatic heterocycles. The highest BCUT2D eigenvalue weighted by Gasteiger charge is 2.22. The first-order valence-electron chi connectivity index (χ1n) is 6.28. The van der Waals surface area contributed by atoms with E-state index in [1.54, 1.807) is 32.9 Å². The Bertz CT molecular complexity index is 503. The van der Waals surface area contributed by atoms with Gasteiger partial charge >= 0.3 is 6.09 Å². The molecule has 0 heterocycles. The molecule has 0 fully saturated rings. The van der Waals surface area contributed by atoms with E-state index in [9.17, 15) is 9.18 Å². The molecule has 0 aliphatic rings. The monoisotopic (exact) mass is 413 g/mol. The Morgan fingerprint density at radius 1 is 1.50 bits per heavy atom. The van der Waals surface area contributed by atoms with Crippen LogP contribution in [0.4, 0.5) is 9.18 Å². The van der Waals surface area contributed by atoms with E-state index in [0.29, 0.717) is 20.6 Å². The van der Waals surface area contributed by atoms with Gasteiger partial charge in [0.25, 0.3) is 0 Å². The number of amides is 1. The number of ether oxygens (including phenoxy) is 1. The van der Waals surface area contributed by atoms with Gasteiger partial charge in [-0.15, -0.1) is 0 Å². The Kier molecular flexibility index (Phi) is 6.06. The van der Waals surface area contributed by atoms with E-state index < -0.39 is 23.6 Å². The predicted octanol–water partition coefficient (Wildman–Crippen LogP) is 5.06. The molecule has 0 unspecified atom stereocenters. The van der Waals surface area contributed by atoms with Crippen LogP contribution in [0, 0.1) is 9.39 Å². The number of rotatable bonds is 3. The number of carbonyl (C=O) groups is 1. The van der Waals surface area contributed by atoms with Crippen LogP contribution in [-0.4, -0.2) is 11.7 Å². The highest BCUT2D eigenvalue weighted by molar-refractivity contribution is 14.1. The number of hydrogen-bond acceptors (Lipinski definition) is 2. The molecule has 6 heteroatoms. The van der Waals surface area contributed by atoms with Crippen LogP contribution in [-0.2, 0) is 4.74 Å². The Morgan fingerprint density at radius 3 is 2.60 bits per heavy atom. The fraction of sp³-hybridized carbons (Fsp3) is 0.500. The molecule has 0 radical (unpaired) electrons. The zero-order chi connectivity index (χ0) is 15.5. The largest absolute Gasteiger partial charge is 0.444 e. The van der Waals surface area contributed by atoms with Crippen molar-refractivity contribution in [3.05, 3.63) is 32.1 Å². The van der Waals surface area contributed by atoms with Crippen LogP contribution < -0.4 is 5.32 Å². The molecule has 0 aromatic heterocycles. The normalized spacial score (nSPS) is 12.9. The van der Waals surface area contributed by atoms with Crippen molar-refractivity contribution >= 4 is 40.3 Å². The summed E-state index contributed by atoms with van der Waals surface area (Å²) in [5.41, 5.74) is -0.179. The zero-order valence-electron chi connectivity index (χ0n) is 11.9. The van der Waals surface area contributed by atoms with Crippen LogP contribution in [0.15, 0.2) is 12.1 Å². The lowest BCUT2D eigenvalue weighted by Gasteiger charge is -2.23. The van der Waals surface area contributed by atoms with E-state index >= 15 is 0 Å². The molecule has 1 amide bonds. The molecule has 0 saturated carbocycles. The van der Waals surface area contributed by atoms with Crippen LogP contribution in [0.3, 0.4) is 0 Å². The minimum Gasteiger partial charge on any atom is -0.444 e. The summed E-state index contributed by atoms with van der Waals surface area (Å²) in [6.45, 7) is 7.20. The van der Waals surface area contributed by atoms with Crippen LogP contribution in [0.5, 0.6) is 0 Å². The molecule has 1 atom stereocenters. The van der Waals surface area contributed by atoms with E-state index in [1.807, 2.05) is 29.5 Å². The van der Waals surface area contributed by atoms with Gasteiger partial charge in [0.2, 0.25) is 0 Å². The van der Waals surface area contributed by atoms with Gasteiger partial charge in [-0.2, -0.15) is 0 Å². The Balaban J connectivity index is 2.92. The van der Waals surface area contributed by atoms with Crippen molar-refractivity contribution in [1.82, 2.24) is 5.32 Å². The molecule has 0 saturated heterocycles. The van der Waals surface area contributed by atoms with Crippen molar-refractivity contribution in [1.29, 1.82) is 0 Å². The maximum absolute atomic E-state index is 14.2. The standard InChI is InChI=1S/C14H18ClFINO2/c1-5-10(18-13(19)20-14(2,3)4)8-6-7-9(15)12(17)11(8)16/h6-7,10H,5H2,1-4H3,(H,18,19)/t10-/m1/s1. The lowest BCUT2D eigenvalue weighted by molar-refractivity contribution is 0.0501. The van der Waals surface area contributed by atoms with Crippen LogP contribution >= 0.6 is 34.2 Å². The Morgan fingerprint density at radius 2 is 2.10 bits per heavy atom. The van der Waals surface area contributed by atoms with E-state index in [4.69, 9.17) is 16.3 Å². The fourth-order valence-corrected chi connectivity index (χ4v) is 2.30. The second-order valence-electron chi connectivity index (χ2n) is 5.37. The topological polar surface area (TPSA) is 38.3 Å². The lowest BCUT2D eigenvalue weighted by atomic mass is 10.0. The molecule has 1 aromatic carbocycles. The molecule has 0 aliphatic carbocycles. The number of benzene rings is 1. The van der Waals surface area contributed by atoms with Crippen molar-refractivity contribution < 1.29 is 13.9 Å². The second-order valence-corrected chi connectivity index (χ2v) is 6.86. The summed E-state index contributed by atoms with van der Waals surface area (Å²) in [5, 5.41) is 3.04. The van der Waals surface area contributed by atoms with E-state index in [0.717, 1.165) is 0 Å². The summed E-state index contributed by atoms with van der Waals surface area (Å²) >= 11 is 7.72.